The maximum atomic E-state index is 5.65. The van der Waals surface area contributed by atoms with E-state index >= 15 is 0 Å². The van der Waals surface area contributed by atoms with Crippen LogP contribution in [0.1, 0.15) is 43.7 Å². The molecule has 2 heteroatoms. The Morgan fingerprint density at radius 2 is 2.00 bits per heavy atom. The summed E-state index contributed by atoms with van der Waals surface area (Å²) in [6, 6.07) is 7.54. The molecule has 2 unspecified atom stereocenters. The monoisotopic (exact) mass is 260 g/mol. The molecule has 2 atom stereocenters. The Balaban J connectivity index is 2.14. The highest BCUT2D eigenvalue weighted by atomic mass is 15.1. The highest BCUT2D eigenvalue weighted by Gasteiger charge is 2.25. The van der Waals surface area contributed by atoms with Crippen molar-refractivity contribution in [2.75, 3.05) is 18.5 Å². The van der Waals surface area contributed by atoms with Crippen LogP contribution in [-0.4, -0.2) is 19.6 Å². The number of benzene rings is 1. The number of rotatable bonds is 4. The second-order valence-corrected chi connectivity index (χ2v) is 6.09. The number of anilines is 1. The molecular formula is C17H28N2. The molecule has 0 radical (unpaired) electrons. The van der Waals surface area contributed by atoms with Gasteiger partial charge in [0.1, 0.15) is 0 Å². The molecule has 2 rings (SSSR count). The summed E-state index contributed by atoms with van der Waals surface area (Å²) in [5.41, 5.74) is 9.77. The van der Waals surface area contributed by atoms with E-state index in [1.54, 1.807) is 0 Å². The zero-order chi connectivity index (χ0) is 13.8. The third-order valence-electron chi connectivity index (χ3n) is 4.71. The van der Waals surface area contributed by atoms with E-state index in [4.69, 9.17) is 5.73 Å². The molecule has 1 aromatic carbocycles. The summed E-state index contributed by atoms with van der Waals surface area (Å²) in [6.45, 7) is 5.33. The third kappa shape index (κ3) is 3.30. The molecule has 0 saturated heterocycles. The van der Waals surface area contributed by atoms with E-state index in [1.807, 2.05) is 0 Å². The minimum Gasteiger partial charge on any atom is -0.371 e. The normalized spacial score (nSPS) is 23.4. The fourth-order valence-electron chi connectivity index (χ4n) is 3.40. The number of hydrogen-bond acceptors (Lipinski definition) is 2. The minimum atomic E-state index is 0.702. The van der Waals surface area contributed by atoms with Crippen molar-refractivity contribution in [3.05, 3.63) is 29.3 Å². The smallest absolute Gasteiger partial charge is 0.0369 e. The van der Waals surface area contributed by atoms with Crippen LogP contribution >= 0.6 is 0 Å². The van der Waals surface area contributed by atoms with Gasteiger partial charge < -0.3 is 10.6 Å². The Labute approximate surface area is 118 Å². The quantitative estimate of drug-likeness (QED) is 0.897. The van der Waals surface area contributed by atoms with Gasteiger partial charge in [-0.2, -0.15) is 0 Å². The first-order valence-corrected chi connectivity index (χ1v) is 7.66. The van der Waals surface area contributed by atoms with E-state index in [0.717, 1.165) is 18.9 Å². The van der Waals surface area contributed by atoms with Crippen LogP contribution in [0.15, 0.2) is 18.2 Å². The van der Waals surface area contributed by atoms with Crippen LogP contribution in [0.3, 0.4) is 0 Å². The molecule has 0 bridgehead atoms. The summed E-state index contributed by atoms with van der Waals surface area (Å²) in [6.07, 6.45) is 6.47. The molecule has 1 aromatic rings. The van der Waals surface area contributed by atoms with Crippen molar-refractivity contribution in [3.63, 3.8) is 0 Å². The van der Waals surface area contributed by atoms with Crippen molar-refractivity contribution >= 4 is 5.69 Å². The lowest BCUT2D eigenvalue weighted by molar-refractivity contribution is 0.321. The molecule has 1 aliphatic rings. The fraction of sp³-hybridized carbons (Fsp3) is 0.647. The number of hydrogen-bond donors (Lipinski definition) is 1. The molecule has 0 spiro atoms. The van der Waals surface area contributed by atoms with Gasteiger partial charge in [-0.3, -0.25) is 0 Å². The van der Waals surface area contributed by atoms with E-state index < -0.39 is 0 Å². The molecule has 0 heterocycles. The predicted molar refractivity (Wildman–Crippen MR) is 83.8 cm³/mol. The Kier molecular flexibility index (Phi) is 4.87. The van der Waals surface area contributed by atoms with Crippen LogP contribution in [0.5, 0.6) is 0 Å². The molecular weight excluding hydrogens is 232 g/mol. The molecule has 0 aromatic heterocycles. The predicted octanol–water partition coefficient (Wildman–Crippen LogP) is 3.51. The Hall–Kier alpha value is -1.02. The summed E-state index contributed by atoms with van der Waals surface area (Å²) >= 11 is 0. The summed E-state index contributed by atoms with van der Waals surface area (Å²) in [5.74, 6) is 0.808. The van der Waals surface area contributed by atoms with E-state index in [0.29, 0.717) is 6.04 Å². The largest absolute Gasteiger partial charge is 0.371 e. The first kappa shape index (κ1) is 14.4. The second-order valence-electron chi connectivity index (χ2n) is 6.09. The Bertz CT molecular complexity index is 414. The van der Waals surface area contributed by atoms with Crippen molar-refractivity contribution in [1.82, 2.24) is 0 Å². The Morgan fingerprint density at radius 3 is 2.63 bits per heavy atom. The van der Waals surface area contributed by atoms with Gasteiger partial charge in [-0.25, -0.2) is 0 Å². The molecule has 2 N–H and O–H groups in total. The van der Waals surface area contributed by atoms with Crippen molar-refractivity contribution in [2.24, 2.45) is 11.7 Å². The lowest BCUT2D eigenvalue weighted by Gasteiger charge is -2.38. The lowest BCUT2D eigenvalue weighted by atomic mass is 9.85. The van der Waals surface area contributed by atoms with Gasteiger partial charge in [-0.15, -0.1) is 0 Å². The van der Waals surface area contributed by atoms with E-state index in [9.17, 15) is 0 Å². The SMILES string of the molecule is Cc1cc(N(C)C2CCCCC2C)ccc1CCN. The molecule has 1 aliphatic carbocycles. The van der Waals surface area contributed by atoms with Crippen molar-refractivity contribution in [2.45, 2.75) is 52.0 Å². The standard InChI is InChI=1S/C17H28N2/c1-13-6-4-5-7-17(13)19(3)16-9-8-15(10-11-18)14(2)12-16/h8-9,12-13,17H,4-7,10-11,18H2,1-3H3. The summed E-state index contributed by atoms with van der Waals surface area (Å²) in [7, 11) is 2.25. The van der Waals surface area contributed by atoms with Gasteiger partial charge in [-0.05, 0) is 61.9 Å². The first-order chi connectivity index (χ1) is 9.13. The van der Waals surface area contributed by atoms with Crippen LogP contribution in [0.25, 0.3) is 0 Å². The lowest BCUT2D eigenvalue weighted by Crippen LogP contribution is -2.39. The minimum absolute atomic E-state index is 0.702. The summed E-state index contributed by atoms with van der Waals surface area (Å²) in [5, 5.41) is 0. The maximum Gasteiger partial charge on any atom is 0.0369 e. The maximum absolute atomic E-state index is 5.65. The van der Waals surface area contributed by atoms with Gasteiger partial charge in [0.2, 0.25) is 0 Å². The fourth-order valence-corrected chi connectivity index (χ4v) is 3.40. The molecule has 1 fully saturated rings. The summed E-state index contributed by atoms with van der Waals surface area (Å²) < 4.78 is 0. The van der Waals surface area contributed by atoms with Gasteiger partial charge in [0.25, 0.3) is 0 Å². The Morgan fingerprint density at radius 1 is 1.26 bits per heavy atom. The van der Waals surface area contributed by atoms with Crippen LogP contribution < -0.4 is 10.6 Å². The second kappa shape index (κ2) is 6.42. The van der Waals surface area contributed by atoms with Gasteiger partial charge in [0, 0.05) is 18.8 Å². The van der Waals surface area contributed by atoms with Gasteiger partial charge in [0.15, 0.2) is 0 Å². The zero-order valence-electron chi connectivity index (χ0n) is 12.7. The molecule has 106 valence electrons. The van der Waals surface area contributed by atoms with E-state index in [2.05, 4.69) is 44.0 Å². The van der Waals surface area contributed by atoms with Crippen molar-refractivity contribution in [3.8, 4) is 0 Å². The van der Waals surface area contributed by atoms with Gasteiger partial charge in [-0.1, -0.05) is 25.8 Å². The van der Waals surface area contributed by atoms with Crippen LogP contribution in [0.4, 0.5) is 5.69 Å². The number of nitrogens with zero attached hydrogens (tertiary/aromatic N) is 1. The topological polar surface area (TPSA) is 29.3 Å². The van der Waals surface area contributed by atoms with Gasteiger partial charge >= 0.3 is 0 Å². The zero-order valence-corrected chi connectivity index (χ0v) is 12.7. The highest BCUT2D eigenvalue weighted by Crippen LogP contribution is 2.31. The molecule has 0 amide bonds. The first-order valence-electron chi connectivity index (χ1n) is 7.66. The number of aryl methyl sites for hydroxylation is 1. The van der Waals surface area contributed by atoms with Gasteiger partial charge in [0.05, 0.1) is 0 Å². The number of nitrogens with two attached hydrogens (primary N) is 1. The highest BCUT2D eigenvalue weighted by molar-refractivity contribution is 5.51. The van der Waals surface area contributed by atoms with Crippen LogP contribution in [-0.2, 0) is 6.42 Å². The third-order valence-corrected chi connectivity index (χ3v) is 4.71. The van der Waals surface area contributed by atoms with Crippen molar-refractivity contribution in [1.29, 1.82) is 0 Å². The van der Waals surface area contributed by atoms with E-state index in [-0.39, 0.29) is 0 Å². The summed E-state index contributed by atoms with van der Waals surface area (Å²) in [4.78, 5) is 2.49. The van der Waals surface area contributed by atoms with Crippen LogP contribution in [0, 0.1) is 12.8 Å². The molecule has 0 aliphatic heterocycles. The molecule has 2 nitrogen and oxygen atoms in total. The molecule has 1 saturated carbocycles. The van der Waals surface area contributed by atoms with Crippen molar-refractivity contribution < 1.29 is 0 Å². The average molecular weight is 260 g/mol. The van der Waals surface area contributed by atoms with E-state index in [1.165, 1.54) is 42.5 Å². The molecule has 19 heavy (non-hydrogen) atoms. The average Bonchev–Trinajstić information content (AvgIpc) is 2.41. The van der Waals surface area contributed by atoms with Crippen LogP contribution in [0.2, 0.25) is 0 Å².